The van der Waals surface area contributed by atoms with E-state index in [1.165, 1.54) is 32.1 Å². The van der Waals surface area contributed by atoms with Crippen molar-refractivity contribution in [3.8, 4) is 0 Å². The molecule has 0 unspecified atom stereocenters. The maximum atomic E-state index is 12.7. The van der Waals surface area contributed by atoms with Gasteiger partial charge < -0.3 is 16.0 Å². The number of hydrogen-bond donors (Lipinski definition) is 3. The third kappa shape index (κ3) is 4.24. The van der Waals surface area contributed by atoms with E-state index in [-0.39, 0.29) is 11.9 Å². The third-order valence-corrected chi connectivity index (χ3v) is 5.87. The van der Waals surface area contributed by atoms with Crippen LogP contribution < -0.4 is 16.0 Å². The number of rotatable bonds is 5. The van der Waals surface area contributed by atoms with Crippen LogP contribution in [0.4, 0.5) is 5.82 Å². The number of nitrogens with one attached hydrogen (secondary N) is 3. The molecule has 0 bridgehead atoms. The minimum absolute atomic E-state index is 0.0998. The van der Waals surface area contributed by atoms with Crippen LogP contribution in [0, 0.1) is 5.92 Å². The van der Waals surface area contributed by atoms with Gasteiger partial charge in [-0.2, -0.15) is 5.10 Å². The highest BCUT2D eigenvalue weighted by molar-refractivity contribution is 6.04. The topological polar surface area (TPSA) is 83.9 Å². The minimum Gasteiger partial charge on any atom is -0.370 e. The highest BCUT2D eigenvalue weighted by atomic mass is 16.2. The Morgan fingerprint density at radius 3 is 2.74 bits per heavy atom. The second-order valence-electron chi connectivity index (χ2n) is 7.92. The van der Waals surface area contributed by atoms with Gasteiger partial charge in [0.2, 0.25) is 0 Å². The lowest BCUT2D eigenvalue weighted by atomic mass is 9.89. The van der Waals surface area contributed by atoms with Crippen molar-refractivity contribution in [3.63, 3.8) is 0 Å². The van der Waals surface area contributed by atoms with Gasteiger partial charge in [0.15, 0.2) is 11.3 Å². The Labute approximate surface area is 160 Å². The lowest BCUT2D eigenvalue weighted by molar-refractivity contribution is 0.0925. The summed E-state index contributed by atoms with van der Waals surface area (Å²) in [5.74, 6) is 1.51. The van der Waals surface area contributed by atoms with Crippen molar-refractivity contribution in [1.82, 2.24) is 25.4 Å². The maximum Gasteiger partial charge on any atom is 0.272 e. The molecule has 2 aromatic heterocycles. The molecule has 2 fully saturated rings. The van der Waals surface area contributed by atoms with Gasteiger partial charge >= 0.3 is 0 Å². The van der Waals surface area contributed by atoms with Crippen molar-refractivity contribution < 1.29 is 4.79 Å². The fourth-order valence-electron chi connectivity index (χ4n) is 4.26. The first-order chi connectivity index (χ1) is 13.2. The van der Waals surface area contributed by atoms with Crippen molar-refractivity contribution in [2.24, 2.45) is 13.0 Å². The van der Waals surface area contributed by atoms with Crippen molar-refractivity contribution >= 4 is 22.8 Å². The number of fused-ring (bicyclic) bond motifs is 1. The summed E-state index contributed by atoms with van der Waals surface area (Å²) in [6, 6.07) is 4.16. The number of nitrogens with zero attached hydrogens (tertiary/aromatic N) is 3. The highest BCUT2D eigenvalue weighted by Crippen LogP contribution is 2.24. The van der Waals surface area contributed by atoms with Gasteiger partial charge in [0.05, 0.1) is 5.39 Å². The zero-order valence-electron chi connectivity index (χ0n) is 16.1. The predicted molar refractivity (Wildman–Crippen MR) is 107 cm³/mol. The number of amides is 1. The van der Waals surface area contributed by atoms with Crippen molar-refractivity contribution in [2.45, 2.75) is 51.0 Å². The number of anilines is 1. The molecule has 0 atom stereocenters. The normalized spacial score (nSPS) is 19.3. The molecular weight excluding hydrogens is 340 g/mol. The van der Waals surface area contributed by atoms with Crippen LogP contribution in [0.5, 0.6) is 0 Å². The maximum absolute atomic E-state index is 12.7. The molecule has 0 radical (unpaired) electrons. The second kappa shape index (κ2) is 8.25. The third-order valence-electron chi connectivity index (χ3n) is 5.87. The molecule has 7 nitrogen and oxygen atoms in total. The fourth-order valence-corrected chi connectivity index (χ4v) is 4.26. The van der Waals surface area contributed by atoms with E-state index in [9.17, 15) is 4.79 Å². The molecule has 1 aliphatic heterocycles. The smallest absolute Gasteiger partial charge is 0.272 e. The first-order valence-electron chi connectivity index (χ1n) is 10.3. The highest BCUT2D eigenvalue weighted by Gasteiger charge is 2.21. The van der Waals surface area contributed by atoms with Gasteiger partial charge in [0.25, 0.3) is 5.91 Å². The van der Waals surface area contributed by atoms with Crippen molar-refractivity contribution in [1.29, 1.82) is 0 Å². The Balaban J connectivity index is 1.46. The van der Waals surface area contributed by atoms with Crippen LogP contribution in [0.1, 0.15) is 55.4 Å². The largest absolute Gasteiger partial charge is 0.370 e. The molecule has 0 spiro atoms. The average molecular weight is 371 g/mol. The van der Waals surface area contributed by atoms with Gasteiger partial charge in [-0.3, -0.25) is 4.79 Å². The molecular formula is C20H30N6O. The predicted octanol–water partition coefficient (Wildman–Crippen LogP) is 2.44. The number of carbonyl (C=O) groups excluding carboxylic acids is 1. The Bertz CT molecular complexity index is 789. The van der Waals surface area contributed by atoms with Crippen molar-refractivity contribution in [2.75, 3.05) is 25.0 Å². The number of pyridine rings is 1. The average Bonchev–Trinajstić information content (AvgIpc) is 3.04. The van der Waals surface area contributed by atoms with E-state index in [1.54, 1.807) is 4.68 Å². The summed E-state index contributed by atoms with van der Waals surface area (Å²) < 4.78 is 1.71. The van der Waals surface area contributed by atoms with E-state index in [4.69, 9.17) is 4.98 Å². The summed E-state index contributed by atoms with van der Waals surface area (Å²) in [6.45, 7) is 2.87. The SMILES string of the molecule is Cn1nc(C(=O)NC2CCNCC2)c2ccc(NCC3CCCCC3)nc21. The summed E-state index contributed by atoms with van der Waals surface area (Å²) in [5, 5.41) is 15.2. The molecule has 2 aliphatic rings. The summed E-state index contributed by atoms with van der Waals surface area (Å²) in [5.41, 5.74) is 1.22. The number of piperidine rings is 1. The Morgan fingerprint density at radius 2 is 1.96 bits per heavy atom. The van der Waals surface area contributed by atoms with E-state index >= 15 is 0 Å². The lowest BCUT2D eigenvalue weighted by Crippen LogP contribution is -2.42. The molecule has 2 aromatic rings. The van der Waals surface area contributed by atoms with E-state index in [0.29, 0.717) is 5.69 Å². The van der Waals surface area contributed by atoms with Gasteiger partial charge in [-0.15, -0.1) is 0 Å². The monoisotopic (exact) mass is 370 g/mol. The summed E-state index contributed by atoms with van der Waals surface area (Å²) in [6.07, 6.45) is 8.60. The first-order valence-corrected chi connectivity index (χ1v) is 10.3. The zero-order valence-corrected chi connectivity index (χ0v) is 16.1. The number of aromatic nitrogens is 3. The van der Waals surface area contributed by atoms with Crippen LogP contribution in [0.2, 0.25) is 0 Å². The van der Waals surface area contributed by atoms with Gasteiger partial charge in [0.1, 0.15) is 5.82 Å². The molecule has 0 aromatic carbocycles. The van der Waals surface area contributed by atoms with E-state index in [0.717, 1.165) is 55.2 Å². The van der Waals surface area contributed by atoms with Crippen LogP contribution in [-0.2, 0) is 7.05 Å². The van der Waals surface area contributed by atoms with E-state index in [1.807, 2.05) is 19.2 Å². The van der Waals surface area contributed by atoms with Crippen molar-refractivity contribution in [3.05, 3.63) is 17.8 Å². The molecule has 3 N–H and O–H groups in total. The molecule has 4 rings (SSSR count). The molecule has 1 saturated carbocycles. The molecule has 3 heterocycles. The summed E-state index contributed by atoms with van der Waals surface area (Å²) in [4.78, 5) is 17.4. The van der Waals surface area contributed by atoms with Gasteiger partial charge in [0, 0.05) is 19.6 Å². The Kier molecular flexibility index (Phi) is 5.57. The minimum atomic E-state index is -0.0998. The Hall–Kier alpha value is -2.15. The van der Waals surface area contributed by atoms with Crippen LogP contribution in [0.15, 0.2) is 12.1 Å². The molecule has 1 saturated heterocycles. The molecule has 7 heteroatoms. The van der Waals surface area contributed by atoms with Gasteiger partial charge in [-0.25, -0.2) is 9.67 Å². The van der Waals surface area contributed by atoms with Crippen LogP contribution in [-0.4, -0.2) is 46.3 Å². The quantitative estimate of drug-likeness (QED) is 0.753. The van der Waals surface area contributed by atoms with Crippen LogP contribution in [0.25, 0.3) is 11.0 Å². The number of carbonyl (C=O) groups is 1. The number of aryl methyl sites for hydroxylation is 1. The first kappa shape index (κ1) is 18.2. The number of hydrogen-bond acceptors (Lipinski definition) is 5. The molecule has 1 amide bonds. The zero-order chi connectivity index (χ0) is 18.6. The van der Waals surface area contributed by atoms with Crippen LogP contribution >= 0.6 is 0 Å². The molecule has 146 valence electrons. The molecule has 1 aliphatic carbocycles. The Morgan fingerprint density at radius 1 is 1.19 bits per heavy atom. The second-order valence-corrected chi connectivity index (χ2v) is 7.92. The lowest BCUT2D eigenvalue weighted by Gasteiger charge is -2.23. The summed E-state index contributed by atoms with van der Waals surface area (Å²) in [7, 11) is 1.85. The van der Waals surface area contributed by atoms with E-state index in [2.05, 4.69) is 21.0 Å². The van der Waals surface area contributed by atoms with Gasteiger partial charge in [-0.1, -0.05) is 19.3 Å². The standard InChI is InChI=1S/C20H30N6O/c1-26-19-16(18(25-26)20(27)23-15-9-11-21-12-10-15)7-8-17(24-19)22-13-14-5-3-2-4-6-14/h7-8,14-15,21H,2-6,9-13H2,1H3,(H,22,24)(H,23,27). The van der Waals surface area contributed by atoms with Crippen LogP contribution in [0.3, 0.4) is 0 Å². The fraction of sp³-hybridized carbons (Fsp3) is 0.650. The van der Waals surface area contributed by atoms with E-state index < -0.39 is 0 Å². The molecule has 27 heavy (non-hydrogen) atoms. The summed E-state index contributed by atoms with van der Waals surface area (Å²) >= 11 is 0. The van der Waals surface area contributed by atoms with Gasteiger partial charge in [-0.05, 0) is 56.8 Å².